The zero-order valence-corrected chi connectivity index (χ0v) is 19.4. The summed E-state index contributed by atoms with van der Waals surface area (Å²) < 4.78 is 14.5. The van der Waals surface area contributed by atoms with Crippen molar-refractivity contribution < 1.29 is 19.4 Å². The van der Waals surface area contributed by atoms with Gasteiger partial charge >= 0.3 is 0 Å². The van der Waals surface area contributed by atoms with Gasteiger partial charge in [0.15, 0.2) is 0 Å². The normalized spacial score (nSPS) is 19.1. The first-order valence-corrected chi connectivity index (χ1v) is 11.8. The molecule has 0 bridgehead atoms. The molecule has 35 heavy (non-hydrogen) atoms. The summed E-state index contributed by atoms with van der Waals surface area (Å²) in [4.78, 5) is 17.5. The number of amides is 1. The fourth-order valence-corrected chi connectivity index (χ4v) is 4.56. The molecule has 1 fully saturated rings. The molecule has 0 radical (unpaired) electrons. The number of phenols is 1. The third-order valence-corrected chi connectivity index (χ3v) is 6.61. The maximum absolute atomic E-state index is 14.5. The van der Waals surface area contributed by atoms with Crippen LogP contribution in [-0.4, -0.2) is 33.3 Å². The van der Waals surface area contributed by atoms with Gasteiger partial charge in [-0.25, -0.2) is 9.37 Å². The third-order valence-electron chi connectivity index (χ3n) is 6.61. The predicted octanol–water partition coefficient (Wildman–Crippen LogP) is 4.68. The second-order valence-electron chi connectivity index (χ2n) is 9.17. The second kappa shape index (κ2) is 9.52. The van der Waals surface area contributed by atoms with E-state index in [-0.39, 0.29) is 29.0 Å². The monoisotopic (exact) mass is 477 g/mol. The minimum absolute atomic E-state index is 0.0467. The van der Waals surface area contributed by atoms with Crippen LogP contribution in [0.1, 0.15) is 47.2 Å². The number of carbonyl (C=O) groups excluding carboxylic acids is 1. The number of anilines is 5. The number of nitrogens with zero attached hydrogens (tertiary/aromatic N) is 1. The van der Waals surface area contributed by atoms with E-state index < -0.39 is 5.82 Å². The average molecular weight is 478 g/mol. The summed E-state index contributed by atoms with van der Waals surface area (Å²) in [6, 6.07) is 10.3. The van der Waals surface area contributed by atoms with Gasteiger partial charge in [-0.2, -0.15) is 0 Å². The van der Waals surface area contributed by atoms with Crippen molar-refractivity contribution in [2.75, 3.05) is 16.0 Å². The van der Waals surface area contributed by atoms with Crippen LogP contribution in [0.4, 0.5) is 33.0 Å². The maximum Gasteiger partial charge on any atom is 0.261 e. The lowest BCUT2D eigenvalue weighted by molar-refractivity contribution is 0.102. The summed E-state index contributed by atoms with van der Waals surface area (Å²) in [6.07, 6.45) is 4.86. The molecule has 1 aromatic heterocycles. The first-order chi connectivity index (χ1) is 16.9. The van der Waals surface area contributed by atoms with Gasteiger partial charge in [-0.3, -0.25) is 4.79 Å². The van der Waals surface area contributed by atoms with E-state index in [9.17, 15) is 19.4 Å². The van der Waals surface area contributed by atoms with Gasteiger partial charge in [-0.05, 0) is 68.0 Å². The van der Waals surface area contributed by atoms with Crippen molar-refractivity contribution >= 4 is 34.5 Å². The SMILES string of the molecule is Cc1cc(F)c(Nc2ccnc3c2C(=O)Nc2cc(CNC4CCC(O)CC4)ccc2N3)cc1O. The first kappa shape index (κ1) is 23.1. The number of rotatable bonds is 5. The summed E-state index contributed by atoms with van der Waals surface area (Å²) in [5.41, 5.74) is 3.41. The molecule has 9 heteroatoms. The number of halogens is 1. The number of phenolic OH excluding ortho intramolecular Hbond substituents is 1. The van der Waals surface area contributed by atoms with Gasteiger partial charge < -0.3 is 31.5 Å². The summed E-state index contributed by atoms with van der Waals surface area (Å²) in [7, 11) is 0. The van der Waals surface area contributed by atoms with Crippen LogP contribution in [-0.2, 0) is 6.54 Å². The molecule has 8 nitrogen and oxygen atoms in total. The number of pyridine rings is 1. The van der Waals surface area contributed by atoms with E-state index in [1.165, 1.54) is 18.3 Å². The number of aliphatic hydroxyl groups excluding tert-OH is 1. The minimum atomic E-state index is -0.541. The number of hydrogen-bond donors (Lipinski definition) is 6. The topological polar surface area (TPSA) is 119 Å². The number of aryl methyl sites for hydroxylation is 1. The van der Waals surface area contributed by atoms with E-state index in [1.54, 1.807) is 13.0 Å². The fourth-order valence-electron chi connectivity index (χ4n) is 4.56. The van der Waals surface area contributed by atoms with Crippen molar-refractivity contribution in [2.45, 2.75) is 51.3 Å². The summed E-state index contributed by atoms with van der Waals surface area (Å²) in [5.74, 6) is -0.630. The third kappa shape index (κ3) is 4.91. The number of hydrogen-bond acceptors (Lipinski definition) is 7. The molecule has 182 valence electrons. The molecule has 5 rings (SSSR count). The Kier molecular flexibility index (Phi) is 6.27. The number of carbonyl (C=O) groups is 1. The molecule has 1 saturated carbocycles. The van der Waals surface area contributed by atoms with Crippen molar-refractivity contribution in [3.05, 3.63) is 65.1 Å². The van der Waals surface area contributed by atoms with E-state index in [1.807, 2.05) is 18.2 Å². The van der Waals surface area contributed by atoms with Gasteiger partial charge in [0.1, 0.15) is 22.9 Å². The van der Waals surface area contributed by atoms with Crippen LogP contribution in [0.2, 0.25) is 0 Å². The Balaban J connectivity index is 1.36. The Morgan fingerprint density at radius 2 is 1.86 bits per heavy atom. The van der Waals surface area contributed by atoms with Crippen LogP contribution in [0.3, 0.4) is 0 Å². The quantitative estimate of drug-likeness (QED) is 0.316. The molecule has 3 aromatic rings. The highest BCUT2D eigenvalue weighted by Gasteiger charge is 2.25. The van der Waals surface area contributed by atoms with Gasteiger partial charge in [0, 0.05) is 24.8 Å². The molecule has 1 amide bonds. The standard InChI is InChI=1S/C26H28FN5O3/c1-14-10-18(27)21(12-23(14)34)30-20-8-9-28-25-24(20)26(35)32-22-11-15(2-7-19(22)31-25)13-29-16-3-5-17(33)6-4-16/h2,7-12,16-17,29,33-34H,3-6,13H2,1H3,(H,32,35)(H2,28,30,31). The van der Waals surface area contributed by atoms with Crippen LogP contribution < -0.4 is 21.3 Å². The molecule has 2 heterocycles. The van der Waals surface area contributed by atoms with Gasteiger partial charge in [-0.1, -0.05) is 6.07 Å². The minimum Gasteiger partial charge on any atom is -0.508 e. The van der Waals surface area contributed by atoms with Crippen molar-refractivity contribution in [1.29, 1.82) is 0 Å². The predicted molar refractivity (Wildman–Crippen MR) is 133 cm³/mol. The van der Waals surface area contributed by atoms with E-state index >= 15 is 0 Å². The number of aromatic nitrogens is 1. The Morgan fingerprint density at radius 3 is 2.66 bits per heavy atom. The van der Waals surface area contributed by atoms with Crippen molar-refractivity contribution in [3.8, 4) is 5.75 Å². The molecule has 1 aliphatic carbocycles. The molecule has 0 atom stereocenters. The number of nitrogens with one attached hydrogen (secondary N) is 4. The van der Waals surface area contributed by atoms with E-state index in [2.05, 4.69) is 26.3 Å². The maximum atomic E-state index is 14.5. The van der Waals surface area contributed by atoms with Crippen molar-refractivity contribution in [1.82, 2.24) is 10.3 Å². The van der Waals surface area contributed by atoms with Gasteiger partial charge in [-0.15, -0.1) is 0 Å². The molecule has 0 unspecified atom stereocenters. The van der Waals surface area contributed by atoms with Gasteiger partial charge in [0.2, 0.25) is 0 Å². The molecule has 2 aromatic carbocycles. The molecule has 6 N–H and O–H groups in total. The number of aromatic hydroxyl groups is 1. The summed E-state index contributed by atoms with van der Waals surface area (Å²) in [6.45, 7) is 2.26. The smallest absolute Gasteiger partial charge is 0.261 e. The van der Waals surface area contributed by atoms with Crippen molar-refractivity contribution in [3.63, 3.8) is 0 Å². The summed E-state index contributed by atoms with van der Waals surface area (Å²) in [5, 5.41) is 32.3. The van der Waals surface area contributed by atoms with Crippen LogP contribution >= 0.6 is 0 Å². The highest BCUT2D eigenvalue weighted by molar-refractivity contribution is 6.15. The average Bonchev–Trinajstić information content (AvgIpc) is 2.98. The molecule has 0 saturated heterocycles. The van der Waals surface area contributed by atoms with Crippen LogP contribution in [0.5, 0.6) is 5.75 Å². The summed E-state index contributed by atoms with van der Waals surface area (Å²) >= 11 is 0. The lowest BCUT2D eigenvalue weighted by Crippen LogP contribution is -2.34. The molecule has 1 aliphatic heterocycles. The van der Waals surface area contributed by atoms with E-state index in [0.29, 0.717) is 41.0 Å². The Bertz CT molecular complexity index is 1270. The highest BCUT2D eigenvalue weighted by Crippen LogP contribution is 2.36. The van der Waals surface area contributed by atoms with Gasteiger partial charge in [0.05, 0.1) is 28.9 Å². The number of fused-ring (bicyclic) bond motifs is 2. The number of aliphatic hydroxyl groups is 1. The Labute approximate surface area is 202 Å². The Hall–Kier alpha value is -3.69. The van der Waals surface area contributed by atoms with Gasteiger partial charge in [0.25, 0.3) is 5.91 Å². The van der Waals surface area contributed by atoms with Crippen LogP contribution in [0.15, 0.2) is 42.6 Å². The van der Waals surface area contributed by atoms with Crippen LogP contribution in [0, 0.1) is 12.7 Å². The van der Waals surface area contributed by atoms with Crippen LogP contribution in [0.25, 0.3) is 0 Å². The molecule has 0 spiro atoms. The fraction of sp³-hybridized carbons (Fsp3) is 0.308. The molecular weight excluding hydrogens is 449 g/mol. The lowest BCUT2D eigenvalue weighted by Gasteiger charge is -2.26. The highest BCUT2D eigenvalue weighted by atomic mass is 19.1. The van der Waals surface area contributed by atoms with E-state index in [0.717, 1.165) is 31.2 Å². The first-order valence-electron chi connectivity index (χ1n) is 11.8. The second-order valence-corrected chi connectivity index (χ2v) is 9.17. The zero-order chi connectivity index (χ0) is 24.5. The number of benzene rings is 2. The lowest BCUT2D eigenvalue weighted by atomic mass is 9.93. The molecule has 2 aliphatic rings. The Morgan fingerprint density at radius 1 is 1.06 bits per heavy atom. The zero-order valence-electron chi connectivity index (χ0n) is 19.4. The largest absolute Gasteiger partial charge is 0.508 e. The van der Waals surface area contributed by atoms with Crippen molar-refractivity contribution in [2.24, 2.45) is 0 Å². The molecular formula is C26H28FN5O3. The van der Waals surface area contributed by atoms with E-state index in [4.69, 9.17) is 0 Å².